The van der Waals surface area contributed by atoms with Gasteiger partial charge in [-0.3, -0.25) is 0 Å². The van der Waals surface area contributed by atoms with Gasteiger partial charge in [0, 0.05) is 18.5 Å². The Balaban J connectivity index is 1.43. The van der Waals surface area contributed by atoms with Crippen molar-refractivity contribution < 1.29 is 26.4 Å². The highest BCUT2D eigenvalue weighted by Gasteiger charge is 2.39. The van der Waals surface area contributed by atoms with Gasteiger partial charge in [0.2, 0.25) is 16.0 Å². The second-order valence-corrected chi connectivity index (χ2v) is 12.9. The molecule has 0 spiro atoms. The maximum atomic E-state index is 12.9. The topological polar surface area (TPSA) is 126 Å². The number of para-hydroxylation sites is 1. The molecule has 0 bridgehead atoms. The Labute approximate surface area is 221 Å². The number of anilines is 2. The molecule has 2 aliphatic carbocycles. The predicted molar refractivity (Wildman–Crippen MR) is 140 cm³/mol. The number of benzene rings is 1. The predicted octanol–water partition coefficient (Wildman–Crippen LogP) is 4.12. The van der Waals surface area contributed by atoms with Crippen molar-refractivity contribution in [3.8, 4) is 10.6 Å². The van der Waals surface area contributed by atoms with E-state index >= 15 is 0 Å². The number of nitrogens with zero attached hydrogens (tertiary/aromatic N) is 3. The first-order chi connectivity index (χ1) is 18.0. The van der Waals surface area contributed by atoms with Crippen LogP contribution in [0.4, 0.5) is 24.9 Å². The number of fused-ring (bicyclic) bond motifs is 1. The number of carbonyl (C=O) groups is 1. The Bertz CT molecular complexity index is 1410. The standard InChI is InChI=1S/C24H27F3N6O3S2/c1-13-20(22-32-17-4-2-3-5-19(17)37-22)21(33-23(30-13)28-12-24(25,26)27)31-18-9-14(8-15(18)11-34)10-29-38(35,36)16-6-7-16/h2-5,11,14-16,18,29H,6-10,12H2,1H3,(H2,28,30,31,33)/t14-,15?,18-/m1/s1. The number of sulfonamides is 1. The molecule has 9 nitrogen and oxygen atoms in total. The van der Waals surface area contributed by atoms with E-state index in [1.807, 2.05) is 24.3 Å². The number of rotatable bonds is 10. The minimum absolute atomic E-state index is 0.0760. The number of alkyl halides is 3. The molecule has 38 heavy (non-hydrogen) atoms. The molecule has 2 aromatic heterocycles. The molecule has 204 valence electrons. The van der Waals surface area contributed by atoms with Crippen molar-refractivity contribution in [1.82, 2.24) is 19.7 Å². The smallest absolute Gasteiger partial charge is 0.366 e. The third-order valence-electron chi connectivity index (χ3n) is 6.79. The van der Waals surface area contributed by atoms with Gasteiger partial charge in [-0.2, -0.15) is 18.2 Å². The third-order valence-corrected chi connectivity index (χ3v) is 9.76. The summed E-state index contributed by atoms with van der Waals surface area (Å²) >= 11 is 1.41. The van der Waals surface area contributed by atoms with Crippen molar-refractivity contribution in [3.05, 3.63) is 30.0 Å². The molecule has 2 aliphatic rings. The highest BCUT2D eigenvalue weighted by Crippen LogP contribution is 2.39. The molecular formula is C24H27F3N6O3S2. The van der Waals surface area contributed by atoms with Crippen LogP contribution in [0, 0.1) is 18.8 Å². The molecule has 1 unspecified atom stereocenters. The number of carbonyl (C=O) groups excluding carboxylic acids is 1. The number of aldehydes is 1. The zero-order chi connectivity index (χ0) is 27.1. The highest BCUT2D eigenvalue weighted by molar-refractivity contribution is 7.90. The van der Waals surface area contributed by atoms with E-state index in [-0.39, 0.29) is 35.5 Å². The van der Waals surface area contributed by atoms with Gasteiger partial charge in [0.25, 0.3) is 0 Å². The SMILES string of the molecule is Cc1nc(NCC(F)(F)F)nc(N[C@@H]2C[C@H](CNS(=O)(=O)C3CC3)CC2C=O)c1-c1nc2ccccc2s1. The van der Waals surface area contributed by atoms with Crippen molar-refractivity contribution in [3.63, 3.8) is 0 Å². The lowest BCUT2D eigenvalue weighted by Crippen LogP contribution is -2.31. The Kier molecular flexibility index (Phi) is 7.31. The van der Waals surface area contributed by atoms with E-state index in [0.717, 1.165) is 16.5 Å². The molecule has 3 N–H and O–H groups in total. The molecule has 3 aromatic rings. The van der Waals surface area contributed by atoms with E-state index < -0.39 is 28.7 Å². The third kappa shape index (κ3) is 6.07. The van der Waals surface area contributed by atoms with E-state index in [1.165, 1.54) is 11.3 Å². The lowest BCUT2D eigenvalue weighted by molar-refractivity contribution is -0.115. The van der Waals surface area contributed by atoms with Crippen LogP contribution in [0.3, 0.4) is 0 Å². The summed E-state index contributed by atoms with van der Waals surface area (Å²) in [4.78, 5) is 25.2. The number of halogens is 3. The summed E-state index contributed by atoms with van der Waals surface area (Å²) in [6.45, 7) is 0.609. The molecule has 0 aliphatic heterocycles. The second kappa shape index (κ2) is 10.4. The fourth-order valence-electron chi connectivity index (χ4n) is 4.74. The minimum atomic E-state index is -4.45. The molecule has 2 saturated carbocycles. The van der Waals surface area contributed by atoms with E-state index in [1.54, 1.807) is 6.92 Å². The van der Waals surface area contributed by atoms with Gasteiger partial charge in [-0.25, -0.2) is 23.1 Å². The van der Waals surface area contributed by atoms with E-state index in [4.69, 9.17) is 0 Å². The first-order valence-corrected chi connectivity index (χ1v) is 14.6. The van der Waals surface area contributed by atoms with Gasteiger partial charge < -0.3 is 15.4 Å². The van der Waals surface area contributed by atoms with Crippen molar-refractivity contribution >= 4 is 49.6 Å². The lowest BCUT2D eigenvalue weighted by atomic mass is 10.0. The van der Waals surface area contributed by atoms with Crippen LogP contribution >= 0.6 is 11.3 Å². The van der Waals surface area contributed by atoms with Gasteiger partial charge >= 0.3 is 6.18 Å². The van der Waals surface area contributed by atoms with Crippen LogP contribution in [0.2, 0.25) is 0 Å². The summed E-state index contributed by atoms with van der Waals surface area (Å²) in [5.74, 6) is -0.415. The fraction of sp³-hybridized carbons (Fsp3) is 0.500. The first-order valence-electron chi connectivity index (χ1n) is 12.3. The van der Waals surface area contributed by atoms with Gasteiger partial charge in [-0.05, 0) is 50.7 Å². The molecule has 0 saturated heterocycles. The molecule has 2 heterocycles. The summed E-state index contributed by atoms with van der Waals surface area (Å²) in [6.07, 6.45) is -1.33. The highest BCUT2D eigenvalue weighted by atomic mass is 32.2. The lowest BCUT2D eigenvalue weighted by Gasteiger charge is -2.21. The summed E-state index contributed by atoms with van der Waals surface area (Å²) in [5, 5.41) is 5.78. The number of hydrogen-bond donors (Lipinski definition) is 3. The maximum absolute atomic E-state index is 12.9. The van der Waals surface area contributed by atoms with E-state index in [0.29, 0.717) is 41.9 Å². The Morgan fingerprint density at radius 3 is 2.58 bits per heavy atom. The van der Waals surface area contributed by atoms with Gasteiger partial charge in [-0.15, -0.1) is 11.3 Å². The fourth-order valence-corrected chi connectivity index (χ4v) is 7.26. The summed E-state index contributed by atoms with van der Waals surface area (Å²) in [6, 6.07) is 7.15. The van der Waals surface area contributed by atoms with Crippen LogP contribution in [-0.4, -0.2) is 60.2 Å². The zero-order valence-electron chi connectivity index (χ0n) is 20.5. The summed E-state index contributed by atoms with van der Waals surface area (Å²) in [7, 11) is -3.35. The minimum Gasteiger partial charge on any atom is -0.366 e. The average Bonchev–Trinajstić information content (AvgIpc) is 3.53. The van der Waals surface area contributed by atoms with Crippen molar-refractivity contribution in [1.29, 1.82) is 0 Å². The molecular weight excluding hydrogens is 541 g/mol. The molecule has 0 amide bonds. The molecule has 2 fully saturated rings. The summed E-state index contributed by atoms with van der Waals surface area (Å²) < 4.78 is 66.7. The van der Waals surface area contributed by atoms with Crippen LogP contribution in [0.25, 0.3) is 20.8 Å². The van der Waals surface area contributed by atoms with E-state index in [2.05, 4.69) is 30.3 Å². The Morgan fingerprint density at radius 1 is 1.13 bits per heavy atom. The van der Waals surface area contributed by atoms with Gasteiger partial charge in [0.15, 0.2) is 0 Å². The molecule has 1 aromatic carbocycles. The number of aromatic nitrogens is 3. The van der Waals surface area contributed by atoms with Crippen LogP contribution in [0.1, 0.15) is 31.4 Å². The maximum Gasteiger partial charge on any atom is 0.405 e. The van der Waals surface area contributed by atoms with Crippen LogP contribution in [-0.2, 0) is 14.8 Å². The van der Waals surface area contributed by atoms with E-state index in [9.17, 15) is 26.4 Å². The monoisotopic (exact) mass is 568 g/mol. The first kappa shape index (κ1) is 26.8. The number of nitrogens with one attached hydrogen (secondary N) is 3. The van der Waals surface area contributed by atoms with Crippen LogP contribution in [0.15, 0.2) is 24.3 Å². The largest absolute Gasteiger partial charge is 0.405 e. The molecule has 5 rings (SSSR count). The second-order valence-electron chi connectivity index (χ2n) is 9.79. The van der Waals surface area contributed by atoms with Crippen molar-refractivity contribution in [2.45, 2.75) is 50.1 Å². The Hall–Kier alpha value is -2.84. The number of aryl methyl sites for hydroxylation is 1. The normalized spacial score (nSPS) is 22.1. The molecule has 14 heteroatoms. The summed E-state index contributed by atoms with van der Waals surface area (Å²) in [5.41, 5.74) is 1.75. The van der Waals surface area contributed by atoms with Crippen molar-refractivity contribution in [2.75, 3.05) is 23.7 Å². The van der Waals surface area contributed by atoms with Gasteiger partial charge in [0.05, 0.1) is 26.7 Å². The quantitative estimate of drug-likeness (QED) is 0.312. The van der Waals surface area contributed by atoms with Crippen molar-refractivity contribution in [2.24, 2.45) is 11.8 Å². The van der Waals surface area contributed by atoms with Crippen LogP contribution in [0.5, 0.6) is 0 Å². The molecule has 3 atom stereocenters. The van der Waals surface area contributed by atoms with Crippen LogP contribution < -0.4 is 15.4 Å². The number of thiazole rings is 1. The zero-order valence-corrected chi connectivity index (χ0v) is 22.1. The van der Waals surface area contributed by atoms with Gasteiger partial charge in [-0.1, -0.05) is 12.1 Å². The molecule has 0 radical (unpaired) electrons. The van der Waals surface area contributed by atoms with Gasteiger partial charge in [0.1, 0.15) is 23.7 Å². The average molecular weight is 569 g/mol. The number of hydrogen-bond acceptors (Lipinski definition) is 9. The Morgan fingerprint density at radius 2 is 1.89 bits per heavy atom.